The number of carbonyl (C=O) groups is 2. The number of para-hydroxylation sites is 1. The van der Waals surface area contributed by atoms with E-state index in [1.807, 2.05) is 24.3 Å². The number of nitrogens with zero attached hydrogens (tertiary/aromatic N) is 1. The van der Waals surface area contributed by atoms with Crippen LogP contribution >= 0.6 is 0 Å². The minimum atomic E-state index is -0.553. The summed E-state index contributed by atoms with van der Waals surface area (Å²) in [6.07, 6.45) is 0.450. The molecule has 118 valence electrons. The molecule has 2 aromatic carbocycles. The number of methoxy groups -OCH3 is 1. The number of carbonyl (C=O) groups excluding carboxylic acids is 2. The number of ether oxygens (including phenoxy) is 1. The summed E-state index contributed by atoms with van der Waals surface area (Å²) in [5, 5.41) is 2.85. The normalized spacial score (nSPS) is 17.3. The second-order valence-corrected chi connectivity index (χ2v) is 5.52. The lowest BCUT2D eigenvalue weighted by Crippen LogP contribution is -2.44. The van der Waals surface area contributed by atoms with Crippen LogP contribution in [0.5, 0.6) is 5.75 Å². The van der Waals surface area contributed by atoms with Crippen LogP contribution in [0.2, 0.25) is 0 Å². The highest BCUT2D eigenvalue weighted by Gasteiger charge is 2.32. The quantitative estimate of drug-likeness (QED) is 0.946. The second-order valence-electron chi connectivity index (χ2n) is 5.52. The maximum Gasteiger partial charge on any atom is 0.256 e. The molecule has 0 saturated heterocycles. The number of amides is 2. The number of anilines is 1. The third-order valence-electron chi connectivity index (χ3n) is 4.09. The van der Waals surface area contributed by atoms with Crippen molar-refractivity contribution in [1.82, 2.24) is 4.90 Å². The molecular formula is C18H18N2O3. The molecule has 0 aromatic heterocycles. The number of nitrogens with one attached hydrogen (secondary N) is 1. The van der Waals surface area contributed by atoms with E-state index in [1.54, 1.807) is 38.4 Å². The highest BCUT2D eigenvalue weighted by atomic mass is 16.5. The summed E-state index contributed by atoms with van der Waals surface area (Å²) in [6, 6.07) is 14.0. The molecule has 0 bridgehead atoms. The summed E-state index contributed by atoms with van der Waals surface area (Å²) in [6.45, 7) is 0. The van der Waals surface area contributed by atoms with Gasteiger partial charge in [0.05, 0.1) is 18.4 Å². The van der Waals surface area contributed by atoms with Gasteiger partial charge in [-0.25, -0.2) is 0 Å². The molecule has 1 aliphatic heterocycles. The van der Waals surface area contributed by atoms with Gasteiger partial charge in [-0.05, 0) is 29.8 Å². The standard InChI is InChI=1S/C18H18N2O3/c1-20-16(11-12-7-9-13(23-2)10-8-12)17(21)19-15-6-4-3-5-14(15)18(20)22/h3-10,16H,11H2,1-2H3,(H,19,21)/t16-/m1/s1. The van der Waals surface area contributed by atoms with Crippen molar-refractivity contribution in [2.45, 2.75) is 12.5 Å². The van der Waals surface area contributed by atoms with Crippen LogP contribution in [-0.2, 0) is 11.2 Å². The topological polar surface area (TPSA) is 58.6 Å². The Labute approximate surface area is 134 Å². The first-order valence-electron chi connectivity index (χ1n) is 7.40. The number of fused-ring (bicyclic) bond motifs is 1. The van der Waals surface area contributed by atoms with Crippen molar-refractivity contribution in [3.8, 4) is 5.75 Å². The van der Waals surface area contributed by atoms with Crippen LogP contribution in [0, 0.1) is 0 Å². The lowest BCUT2D eigenvalue weighted by Gasteiger charge is -2.24. The van der Waals surface area contributed by atoms with E-state index in [0.717, 1.165) is 11.3 Å². The molecule has 2 amide bonds. The van der Waals surface area contributed by atoms with Crippen LogP contribution in [-0.4, -0.2) is 36.9 Å². The highest BCUT2D eigenvalue weighted by molar-refractivity contribution is 6.09. The largest absolute Gasteiger partial charge is 0.497 e. The van der Waals surface area contributed by atoms with Gasteiger partial charge in [-0.1, -0.05) is 24.3 Å². The molecule has 0 radical (unpaired) electrons. The maximum absolute atomic E-state index is 12.6. The second kappa shape index (κ2) is 6.12. The first-order chi connectivity index (χ1) is 11.1. The number of hydrogen-bond acceptors (Lipinski definition) is 3. The van der Waals surface area contributed by atoms with Gasteiger partial charge in [-0.2, -0.15) is 0 Å². The zero-order valence-electron chi connectivity index (χ0n) is 13.1. The third-order valence-corrected chi connectivity index (χ3v) is 4.09. The molecule has 1 heterocycles. The van der Waals surface area contributed by atoms with Crippen molar-refractivity contribution in [1.29, 1.82) is 0 Å². The Bertz CT molecular complexity index is 740. The number of hydrogen-bond donors (Lipinski definition) is 1. The smallest absolute Gasteiger partial charge is 0.256 e. The predicted molar refractivity (Wildman–Crippen MR) is 87.7 cm³/mol. The van der Waals surface area contributed by atoms with Crippen molar-refractivity contribution >= 4 is 17.5 Å². The zero-order valence-corrected chi connectivity index (χ0v) is 13.1. The molecule has 1 N–H and O–H groups in total. The van der Waals surface area contributed by atoms with Crippen molar-refractivity contribution in [3.63, 3.8) is 0 Å². The van der Waals surface area contributed by atoms with E-state index in [9.17, 15) is 9.59 Å². The zero-order chi connectivity index (χ0) is 16.4. The van der Waals surface area contributed by atoms with Gasteiger partial charge < -0.3 is 15.0 Å². The molecule has 1 aliphatic rings. The summed E-state index contributed by atoms with van der Waals surface area (Å²) < 4.78 is 5.14. The average molecular weight is 310 g/mol. The Morgan fingerprint density at radius 1 is 1.09 bits per heavy atom. The molecule has 2 aromatic rings. The molecule has 5 nitrogen and oxygen atoms in total. The molecule has 0 fully saturated rings. The van der Waals surface area contributed by atoms with Crippen LogP contribution in [0.4, 0.5) is 5.69 Å². The van der Waals surface area contributed by atoms with Gasteiger partial charge >= 0.3 is 0 Å². The van der Waals surface area contributed by atoms with Crippen LogP contribution in [0.1, 0.15) is 15.9 Å². The van der Waals surface area contributed by atoms with Gasteiger partial charge in [-0.3, -0.25) is 9.59 Å². The van der Waals surface area contributed by atoms with E-state index < -0.39 is 6.04 Å². The highest BCUT2D eigenvalue weighted by Crippen LogP contribution is 2.24. The van der Waals surface area contributed by atoms with E-state index in [4.69, 9.17) is 4.74 Å². The Balaban J connectivity index is 1.87. The molecule has 0 aliphatic carbocycles. The Morgan fingerprint density at radius 2 is 1.78 bits per heavy atom. The fourth-order valence-corrected chi connectivity index (χ4v) is 2.72. The fraction of sp³-hybridized carbons (Fsp3) is 0.222. The number of benzene rings is 2. The molecule has 0 unspecified atom stereocenters. The van der Waals surface area contributed by atoms with Gasteiger partial charge in [0.15, 0.2) is 0 Å². The molecular weight excluding hydrogens is 292 g/mol. The van der Waals surface area contributed by atoms with Gasteiger partial charge in [-0.15, -0.1) is 0 Å². The summed E-state index contributed by atoms with van der Waals surface area (Å²) in [4.78, 5) is 26.6. The first kappa shape index (κ1) is 15.1. The molecule has 5 heteroatoms. The maximum atomic E-state index is 12.6. The lowest BCUT2D eigenvalue weighted by atomic mass is 10.0. The van der Waals surface area contributed by atoms with Crippen molar-refractivity contribution < 1.29 is 14.3 Å². The molecule has 3 rings (SSSR count). The predicted octanol–water partition coefficient (Wildman–Crippen LogP) is 2.33. The van der Waals surface area contributed by atoms with E-state index >= 15 is 0 Å². The average Bonchev–Trinajstić information content (AvgIpc) is 2.66. The Kier molecular flexibility index (Phi) is 4.02. The van der Waals surface area contributed by atoms with E-state index in [2.05, 4.69) is 5.32 Å². The van der Waals surface area contributed by atoms with Crippen LogP contribution in [0.15, 0.2) is 48.5 Å². The van der Waals surface area contributed by atoms with Crippen molar-refractivity contribution in [2.24, 2.45) is 0 Å². The summed E-state index contributed by atoms with van der Waals surface area (Å²) in [5.74, 6) is 0.426. The molecule has 1 atom stereocenters. The van der Waals surface area contributed by atoms with Crippen LogP contribution in [0.3, 0.4) is 0 Å². The number of likely N-dealkylation sites (N-methyl/N-ethyl adjacent to an activating group) is 1. The lowest BCUT2D eigenvalue weighted by molar-refractivity contribution is -0.120. The molecule has 0 spiro atoms. The summed E-state index contributed by atoms with van der Waals surface area (Å²) >= 11 is 0. The first-order valence-corrected chi connectivity index (χ1v) is 7.40. The molecule has 0 saturated carbocycles. The van der Waals surface area contributed by atoms with E-state index in [0.29, 0.717) is 17.7 Å². The van der Waals surface area contributed by atoms with Crippen molar-refractivity contribution in [2.75, 3.05) is 19.5 Å². The van der Waals surface area contributed by atoms with Gasteiger partial charge in [0, 0.05) is 13.5 Å². The Hall–Kier alpha value is -2.82. The van der Waals surface area contributed by atoms with Gasteiger partial charge in [0.25, 0.3) is 5.91 Å². The summed E-state index contributed by atoms with van der Waals surface area (Å²) in [5.41, 5.74) is 2.05. The Morgan fingerprint density at radius 3 is 2.48 bits per heavy atom. The fourth-order valence-electron chi connectivity index (χ4n) is 2.72. The van der Waals surface area contributed by atoms with E-state index in [-0.39, 0.29) is 11.8 Å². The van der Waals surface area contributed by atoms with E-state index in [1.165, 1.54) is 4.90 Å². The minimum absolute atomic E-state index is 0.155. The molecule has 23 heavy (non-hydrogen) atoms. The van der Waals surface area contributed by atoms with Crippen molar-refractivity contribution in [3.05, 3.63) is 59.7 Å². The van der Waals surface area contributed by atoms with Crippen LogP contribution in [0.25, 0.3) is 0 Å². The summed E-state index contributed by atoms with van der Waals surface area (Å²) in [7, 11) is 3.27. The van der Waals surface area contributed by atoms with Gasteiger partial charge in [0.2, 0.25) is 5.91 Å². The number of rotatable bonds is 3. The third kappa shape index (κ3) is 2.90. The minimum Gasteiger partial charge on any atom is -0.497 e. The monoisotopic (exact) mass is 310 g/mol. The van der Waals surface area contributed by atoms with Gasteiger partial charge in [0.1, 0.15) is 11.8 Å². The SMILES string of the molecule is COc1ccc(C[C@@H]2C(=O)Nc3ccccc3C(=O)N2C)cc1. The van der Waals surface area contributed by atoms with Crippen LogP contribution < -0.4 is 10.1 Å².